The van der Waals surface area contributed by atoms with Crippen molar-refractivity contribution in [3.63, 3.8) is 0 Å². The van der Waals surface area contributed by atoms with E-state index in [1.807, 2.05) is 13.0 Å². The Morgan fingerprint density at radius 2 is 1.93 bits per heavy atom. The van der Waals surface area contributed by atoms with Gasteiger partial charge in [0.15, 0.2) is 5.78 Å². The number of hydrogen-bond donors (Lipinski definition) is 0. The van der Waals surface area contributed by atoms with Crippen LogP contribution >= 0.6 is 0 Å². The highest BCUT2D eigenvalue weighted by atomic mass is 16.1. The summed E-state index contributed by atoms with van der Waals surface area (Å²) in [5.41, 5.74) is 2.15. The van der Waals surface area contributed by atoms with Crippen molar-refractivity contribution in [2.24, 2.45) is 0 Å². The Morgan fingerprint density at radius 3 is 2.60 bits per heavy atom. The van der Waals surface area contributed by atoms with E-state index in [9.17, 15) is 4.79 Å². The summed E-state index contributed by atoms with van der Waals surface area (Å²) in [5, 5.41) is 0. The number of carbonyl (C=O) groups excluding carboxylic acids is 1. The molecule has 2 aromatic rings. The molecule has 0 saturated heterocycles. The SMILES string of the molecule is Cc1ccncc1C(=O)c1cccnc1. The quantitative estimate of drug-likeness (QED) is 0.693. The predicted octanol–water partition coefficient (Wildman–Crippen LogP) is 2.02. The van der Waals surface area contributed by atoms with Gasteiger partial charge < -0.3 is 0 Å². The van der Waals surface area contributed by atoms with Crippen molar-refractivity contribution in [3.05, 3.63) is 59.7 Å². The summed E-state index contributed by atoms with van der Waals surface area (Å²) in [7, 11) is 0. The van der Waals surface area contributed by atoms with E-state index in [2.05, 4.69) is 9.97 Å². The van der Waals surface area contributed by atoms with Crippen molar-refractivity contribution in [3.8, 4) is 0 Å². The van der Waals surface area contributed by atoms with Crippen LogP contribution in [0.4, 0.5) is 0 Å². The molecule has 0 aliphatic rings. The lowest BCUT2D eigenvalue weighted by Gasteiger charge is -2.02. The number of aromatic nitrogens is 2. The van der Waals surface area contributed by atoms with Crippen LogP contribution in [0, 0.1) is 6.92 Å². The van der Waals surface area contributed by atoms with Crippen LogP contribution in [0.25, 0.3) is 0 Å². The lowest BCUT2D eigenvalue weighted by Crippen LogP contribution is -2.04. The average molecular weight is 198 g/mol. The lowest BCUT2D eigenvalue weighted by molar-refractivity contribution is 0.103. The summed E-state index contributed by atoms with van der Waals surface area (Å²) in [5.74, 6) is -0.0336. The molecule has 0 spiro atoms. The number of carbonyl (C=O) groups is 1. The Morgan fingerprint density at radius 1 is 1.13 bits per heavy atom. The molecule has 0 amide bonds. The van der Waals surface area contributed by atoms with Crippen molar-refractivity contribution in [1.82, 2.24) is 9.97 Å². The predicted molar refractivity (Wildman–Crippen MR) is 56.6 cm³/mol. The second kappa shape index (κ2) is 4.00. The minimum atomic E-state index is -0.0336. The zero-order valence-corrected chi connectivity index (χ0v) is 8.34. The van der Waals surface area contributed by atoms with E-state index < -0.39 is 0 Å². The van der Waals surface area contributed by atoms with Crippen LogP contribution in [-0.4, -0.2) is 15.8 Å². The fourth-order valence-corrected chi connectivity index (χ4v) is 1.35. The standard InChI is InChI=1S/C12H10N2O/c1-9-4-6-14-8-11(9)12(15)10-3-2-5-13-7-10/h2-8H,1H3. The molecular formula is C12H10N2O. The normalized spacial score (nSPS) is 9.93. The number of rotatable bonds is 2. The van der Waals surface area contributed by atoms with E-state index in [0.717, 1.165) is 5.56 Å². The fourth-order valence-electron chi connectivity index (χ4n) is 1.35. The molecule has 0 saturated carbocycles. The van der Waals surface area contributed by atoms with Crippen molar-refractivity contribution in [2.45, 2.75) is 6.92 Å². The summed E-state index contributed by atoms with van der Waals surface area (Å²) in [6, 6.07) is 5.32. The minimum Gasteiger partial charge on any atom is -0.288 e. The summed E-state index contributed by atoms with van der Waals surface area (Å²) in [6.45, 7) is 1.89. The summed E-state index contributed by atoms with van der Waals surface area (Å²) >= 11 is 0. The number of aryl methyl sites for hydroxylation is 1. The average Bonchev–Trinajstić information content (AvgIpc) is 2.30. The second-order valence-corrected chi connectivity index (χ2v) is 3.26. The van der Waals surface area contributed by atoms with E-state index in [0.29, 0.717) is 11.1 Å². The smallest absolute Gasteiger partial charge is 0.196 e. The first-order valence-electron chi connectivity index (χ1n) is 4.64. The van der Waals surface area contributed by atoms with Gasteiger partial charge >= 0.3 is 0 Å². The van der Waals surface area contributed by atoms with E-state index >= 15 is 0 Å². The maximum Gasteiger partial charge on any atom is 0.196 e. The van der Waals surface area contributed by atoms with Gasteiger partial charge in [0.05, 0.1) is 0 Å². The van der Waals surface area contributed by atoms with Crippen LogP contribution in [0.3, 0.4) is 0 Å². The van der Waals surface area contributed by atoms with Gasteiger partial charge in [0, 0.05) is 35.9 Å². The fraction of sp³-hybridized carbons (Fsp3) is 0.0833. The Hall–Kier alpha value is -2.03. The van der Waals surface area contributed by atoms with Crippen LogP contribution in [0.15, 0.2) is 43.0 Å². The Kier molecular flexibility index (Phi) is 2.54. The van der Waals surface area contributed by atoms with Gasteiger partial charge in [0.2, 0.25) is 0 Å². The molecule has 2 heterocycles. The molecule has 2 aromatic heterocycles. The van der Waals surface area contributed by atoms with Crippen molar-refractivity contribution >= 4 is 5.78 Å². The molecule has 0 radical (unpaired) electrons. The van der Waals surface area contributed by atoms with Gasteiger partial charge in [0.1, 0.15) is 0 Å². The number of hydrogen-bond acceptors (Lipinski definition) is 3. The lowest BCUT2D eigenvalue weighted by atomic mass is 10.0. The second-order valence-electron chi connectivity index (χ2n) is 3.26. The van der Waals surface area contributed by atoms with Gasteiger partial charge in [-0.15, -0.1) is 0 Å². The zero-order valence-electron chi connectivity index (χ0n) is 8.34. The zero-order chi connectivity index (χ0) is 10.7. The molecule has 0 bridgehead atoms. The molecule has 0 atom stereocenters. The van der Waals surface area contributed by atoms with E-state index in [4.69, 9.17) is 0 Å². The van der Waals surface area contributed by atoms with E-state index in [1.165, 1.54) is 0 Å². The molecule has 0 aromatic carbocycles. The third kappa shape index (κ3) is 1.91. The van der Waals surface area contributed by atoms with E-state index in [-0.39, 0.29) is 5.78 Å². The maximum absolute atomic E-state index is 12.0. The highest BCUT2D eigenvalue weighted by Crippen LogP contribution is 2.11. The van der Waals surface area contributed by atoms with Gasteiger partial charge in [-0.05, 0) is 30.7 Å². The first-order chi connectivity index (χ1) is 7.29. The molecule has 3 nitrogen and oxygen atoms in total. The topological polar surface area (TPSA) is 42.9 Å². The minimum absolute atomic E-state index is 0.0336. The highest BCUT2D eigenvalue weighted by molar-refractivity contribution is 6.09. The van der Waals surface area contributed by atoms with Gasteiger partial charge in [0.25, 0.3) is 0 Å². The van der Waals surface area contributed by atoms with Crippen molar-refractivity contribution in [1.29, 1.82) is 0 Å². The molecule has 0 N–H and O–H groups in total. The van der Waals surface area contributed by atoms with Gasteiger partial charge in [-0.2, -0.15) is 0 Å². The number of pyridine rings is 2. The largest absolute Gasteiger partial charge is 0.288 e. The van der Waals surface area contributed by atoms with Gasteiger partial charge in [-0.1, -0.05) is 0 Å². The molecule has 0 aliphatic carbocycles. The molecule has 15 heavy (non-hydrogen) atoms. The summed E-state index contributed by atoms with van der Waals surface area (Å²) < 4.78 is 0. The third-order valence-electron chi connectivity index (χ3n) is 2.21. The van der Waals surface area contributed by atoms with Crippen molar-refractivity contribution < 1.29 is 4.79 Å². The Balaban J connectivity index is 2.42. The van der Waals surface area contributed by atoms with E-state index in [1.54, 1.807) is 36.9 Å². The van der Waals surface area contributed by atoms with Crippen LogP contribution in [0.2, 0.25) is 0 Å². The molecular weight excluding hydrogens is 188 g/mol. The van der Waals surface area contributed by atoms with Crippen LogP contribution in [0.5, 0.6) is 0 Å². The van der Waals surface area contributed by atoms with Crippen molar-refractivity contribution in [2.75, 3.05) is 0 Å². The number of ketones is 1. The van der Waals surface area contributed by atoms with Crippen LogP contribution < -0.4 is 0 Å². The Bertz CT molecular complexity index is 480. The molecule has 3 heteroatoms. The monoisotopic (exact) mass is 198 g/mol. The molecule has 0 aliphatic heterocycles. The molecule has 74 valence electrons. The Labute approximate surface area is 87.8 Å². The molecule has 2 rings (SSSR count). The van der Waals surface area contributed by atoms with Gasteiger partial charge in [-0.25, -0.2) is 0 Å². The molecule has 0 fully saturated rings. The van der Waals surface area contributed by atoms with Crippen LogP contribution in [0.1, 0.15) is 21.5 Å². The first-order valence-corrected chi connectivity index (χ1v) is 4.64. The third-order valence-corrected chi connectivity index (χ3v) is 2.21. The molecule has 0 unspecified atom stereocenters. The van der Waals surface area contributed by atoms with Gasteiger partial charge in [-0.3, -0.25) is 14.8 Å². The maximum atomic E-state index is 12.0. The summed E-state index contributed by atoms with van der Waals surface area (Å²) in [6.07, 6.45) is 6.47. The van der Waals surface area contributed by atoms with Crippen LogP contribution in [-0.2, 0) is 0 Å². The highest BCUT2D eigenvalue weighted by Gasteiger charge is 2.10. The summed E-state index contributed by atoms with van der Waals surface area (Å²) in [4.78, 5) is 19.9. The number of nitrogens with zero attached hydrogens (tertiary/aromatic N) is 2. The first kappa shape index (κ1) is 9.52.